The number of phenols is 1. The van der Waals surface area contributed by atoms with Gasteiger partial charge in [0, 0.05) is 22.6 Å². The van der Waals surface area contributed by atoms with E-state index >= 15 is 0 Å². The molecular weight excluding hydrogens is 1200 g/mol. The predicted molar refractivity (Wildman–Crippen MR) is 333 cm³/mol. The minimum absolute atomic E-state index is 0.00917. The first-order chi connectivity index (χ1) is 37.1. The molecule has 2 unspecified atom stereocenters. The molecule has 2 atom stereocenters. The van der Waals surface area contributed by atoms with Crippen LogP contribution in [-0.4, -0.2) is 71.8 Å². The van der Waals surface area contributed by atoms with Gasteiger partial charge in [0.25, 0.3) is 21.9 Å². The zero-order valence-electron chi connectivity index (χ0n) is 45.4. The molecule has 6 rings (SSSR count). The van der Waals surface area contributed by atoms with E-state index in [9.17, 15) is 27.3 Å². The minimum atomic E-state index is -4.31. The zero-order valence-corrected chi connectivity index (χ0v) is 51.9. The summed E-state index contributed by atoms with van der Waals surface area (Å²) < 4.78 is 50.7. The first-order valence-electron chi connectivity index (χ1n) is 25.6. The van der Waals surface area contributed by atoms with Crippen LogP contribution < -0.4 is 37.5 Å². The Labute approximate surface area is 490 Å². The van der Waals surface area contributed by atoms with Crippen molar-refractivity contribution in [2.24, 2.45) is 16.9 Å². The van der Waals surface area contributed by atoms with Crippen molar-refractivity contribution in [3.63, 3.8) is 0 Å². The lowest BCUT2D eigenvalue weighted by molar-refractivity contribution is -0.130. The summed E-state index contributed by atoms with van der Waals surface area (Å²) in [5.74, 6) is -0.396. The standard InChI is InChI=1S/C50H56Br2N8O8S4.C4H10.C2H6/c1-50(2,36-15-9-7-5-6-8-10-16-36)57-48(69)55-38-23-20-33(42(28-38)71(64)67-3)17-18-34-21-24-39(29-43(34)72(65,66)68-4)56-49(70)60-59-47(63)44(54-37-22-19-32-13-11-12-14-35(32)27-37)46(62)58-53-30-31-25-40(51)45(61)41(52)26-31;1-4(2)3;1-2/h11-14,17-30,36,44,54,61H,5-10,15-16H2,1-4H3,(H,58,62)(H,59,63)(H2,55,57,69)(H2,56,60,70);4H,1-3H3;1-2H3/b18-17+,53-30+;;. The highest BCUT2D eigenvalue weighted by Crippen LogP contribution is 2.34. The molecule has 5 aromatic carbocycles. The fourth-order valence-corrected chi connectivity index (χ4v) is 11.5. The lowest BCUT2D eigenvalue weighted by Gasteiger charge is -2.36. The molecule has 78 heavy (non-hydrogen) atoms. The molecule has 22 heteroatoms. The van der Waals surface area contributed by atoms with E-state index in [0.29, 0.717) is 47.4 Å². The van der Waals surface area contributed by atoms with E-state index in [1.807, 2.05) is 44.2 Å². The van der Waals surface area contributed by atoms with Crippen LogP contribution in [0.1, 0.15) is 117 Å². The molecule has 1 saturated carbocycles. The summed E-state index contributed by atoms with van der Waals surface area (Å²) in [4.78, 5) is 27.3. The van der Waals surface area contributed by atoms with Gasteiger partial charge >= 0.3 is 0 Å². The Balaban J connectivity index is 0.00000209. The van der Waals surface area contributed by atoms with Crippen molar-refractivity contribution in [2.45, 2.75) is 121 Å². The molecule has 8 N–H and O–H groups in total. The number of fused-ring (bicyclic) bond motifs is 1. The van der Waals surface area contributed by atoms with Gasteiger partial charge in [-0.3, -0.25) is 28.8 Å². The van der Waals surface area contributed by atoms with Crippen LogP contribution in [0.5, 0.6) is 5.75 Å². The van der Waals surface area contributed by atoms with E-state index in [0.717, 1.165) is 36.6 Å². The molecule has 0 saturated heterocycles. The quantitative estimate of drug-likeness (QED) is 0.0115. The van der Waals surface area contributed by atoms with E-state index in [1.165, 1.54) is 70.1 Å². The third kappa shape index (κ3) is 20.4. The number of thiocarbonyl (C=S) groups is 2. The first kappa shape index (κ1) is 65.2. The number of carbonyl (C=O) groups excluding carboxylic acids is 2. The smallest absolute Gasteiger partial charge is 0.297 e. The van der Waals surface area contributed by atoms with Crippen LogP contribution in [-0.2, 0) is 39.2 Å². The molecule has 422 valence electrons. The number of amides is 2. The number of nitrogens with one attached hydrogen (secondary N) is 7. The van der Waals surface area contributed by atoms with Crippen molar-refractivity contribution in [2.75, 3.05) is 30.2 Å². The molecule has 2 amide bonds. The number of carbonyl (C=O) groups is 2. The number of phenolic OH excluding ortho intramolecular Hbond substituents is 1. The van der Waals surface area contributed by atoms with E-state index in [2.05, 4.69) is 109 Å². The first-order valence-corrected chi connectivity index (χ1v) is 30.4. The highest BCUT2D eigenvalue weighted by atomic mass is 79.9. The lowest BCUT2D eigenvalue weighted by atomic mass is 9.80. The Morgan fingerprint density at radius 2 is 1.31 bits per heavy atom. The molecule has 1 aliphatic carbocycles. The van der Waals surface area contributed by atoms with Gasteiger partial charge in [0.05, 0.1) is 34.3 Å². The summed E-state index contributed by atoms with van der Waals surface area (Å²) in [6, 6.07) is 24.1. The Hall–Kier alpha value is -5.33. The van der Waals surface area contributed by atoms with Gasteiger partial charge in [-0.1, -0.05) is 128 Å². The number of hydrazone groups is 1. The maximum atomic E-state index is 13.7. The van der Waals surface area contributed by atoms with Crippen LogP contribution >= 0.6 is 56.3 Å². The molecular formula is C56H72Br2N8O8S4. The largest absolute Gasteiger partial charge is 0.506 e. The van der Waals surface area contributed by atoms with Crippen molar-refractivity contribution in [1.29, 1.82) is 0 Å². The molecule has 0 spiro atoms. The third-order valence-electron chi connectivity index (χ3n) is 11.9. The van der Waals surface area contributed by atoms with Crippen LogP contribution in [0.25, 0.3) is 22.9 Å². The SMILES string of the molecule is CC.CC(C)C.COS(=O)c1cc(NC(=S)NC(C)(C)C2CCCCCCCC2)ccc1/C=C/c1ccc(NC(=S)NNC(=O)C(Nc2ccc3ccccc3c2)C(=O)N/N=C/c2cc(Br)c(O)c(Br)c2)cc1S(=O)(=O)OC. The Morgan fingerprint density at radius 1 is 0.756 bits per heavy atom. The minimum Gasteiger partial charge on any atom is -0.506 e. The lowest BCUT2D eigenvalue weighted by Crippen LogP contribution is -2.54. The second-order valence-corrected chi connectivity index (χ2v) is 24.5. The summed E-state index contributed by atoms with van der Waals surface area (Å²) in [5.41, 5.74) is 9.61. The van der Waals surface area contributed by atoms with Crippen molar-refractivity contribution in [3.05, 3.63) is 117 Å². The summed E-state index contributed by atoms with van der Waals surface area (Å²) in [5, 5.41) is 28.7. The number of hydrazine groups is 1. The van der Waals surface area contributed by atoms with E-state index in [1.54, 1.807) is 54.6 Å². The number of hydrogen-bond donors (Lipinski definition) is 8. The zero-order chi connectivity index (χ0) is 57.6. The molecule has 0 radical (unpaired) electrons. The number of anilines is 3. The highest BCUT2D eigenvalue weighted by molar-refractivity contribution is 9.11. The number of rotatable bonds is 16. The second kappa shape index (κ2) is 32.1. The van der Waals surface area contributed by atoms with Crippen molar-refractivity contribution in [1.82, 2.24) is 21.6 Å². The monoisotopic (exact) mass is 1270 g/mol. The van der Waals surface area contributed by atoms with E-state index < -0.39 is 39.1 Å². The second-order valence-electron chi connectivity index (χ2n) is 19.1. The summed E-state index contributed by atoms with van der Waals surface area (Å²) in [6.45, 7) is 14.9. The number of nitrogens with zero attached hydrogens (tertiary/aromatic N) is 1. The third-order valence-corrected chi connectivity index (χ3v) is 15.9. The van der Waals surface area contributed by atoms with Crippen LogP contribution in [0.3, 0.4) is 0 Å². The van der Waals surface area contributed by atoms with Crippen molar-refractivity contribution >= 4 is 146 Å². The van der Waals surface area contributed by atoms with Crippen LogP contribution in [0.4, 0.5) is 17.1 Å². The average Bonchev–Trinajstić information content (AvgIpc) is 3.55. The molecule has 5 aromatic rings. The summed E-state index contributed by atoms with van der Waals surface area (Å²) in [7, 11) is -1.96. The predicted octanol–water partition coefficient (Wildman–Crippen LogP) is 12.7. The van der Waals surface area contributed by atoms with Gasteiger partial charge in [-0.15, -0.1) is 0 Å². The van der Waals surface area contributed by atoms with Crippen LogP contribution in [0.15, 0.2) is 115 Å². The van der Waals surface area contributed by atoms with E-state index in [-0.39, 0.29) is 32.5 Å². The fraction of sp³-hybridized carbons (Fsp3) is 0.375. The summed E-state index contributed by atoms with van der Waals surface area (Å²) in [6.07, 6.45) is 14.2. The summed E-state index contributed by atoms with van der Waals surface area (Å²) >= 11 is 15.8. The number of aromatic hydroxyl groups is 1. The fourth-order valence-electron chi connectivity index (χ4n) is 8.07. The number of hydrogen-bond acceptors (Lipinski definition) is 12. The van der Waals surface area contributed by atoms with Gasteiger partial charge < -0.3 is 26.4 Å². The molecule has 1 aliphatic rings. The van der Waals surface area contributed by atoms with Gasteiger partial charge in [0.2, 0.25) is 0 Å². The maximum Gasteiger partial charge on any atom is 0.297 e. The topological polar surface area (TPSA) is 221 Å². The van der Waals surface area contributed by atoms with Crippen LogP contribution in [0, 0.1) is 11.8 Å². The van der Waals surface area contributed by atoms with Gasteiger partial charge in [-0.25, -0.2) is 9.63 Å². The maximum absolute atomic E-state index is 13.7. The Kier molecular flexibility index (Phi) is 26.8. The Bertz CT molecular complexity index is 3030. The molecule has 16 nitrogen and oxygen atoms in total. The normalized spacial score (nSPS) is 14.1. The van der Waals surface area contributed by atoms with Gasteiger partial charge in [-0.2, -0.15) is 13.5 Å². The number of halogens is 2. The van der Waals surface area contributed by atoms with Crippen LogP contribution in [0.2, 0.25) is 0 Å². The number of benzene rings is 5. The molecule has 1 fully saturated rings. The van der Waals surface area contributed by atoms with E-state index in [4.69, 9.17) is 32.8 Å². The molecule has 0 heterocycles. The van der Waals surface area contributed by atoms with Gasteiger partial charge in [-0.05, 0) is 171 Å². The molecule has 0 aliphatic heterocycles. The van der Waals surface area contributed by atoms with Gasteiger partial charge in [0.1, 0.15) is 10.6 Å². The van der Waals surface area contributed by atoms with Crippen molar-refractivity contribution in [3.8, 4) is 5.75 Å². The Morgan fingerprint density at radius 3 is 1.92 bits per heavy atom. The van der Waals surface area contributed by atoms with Crippen molar-refractivity contribution < 1.29 is 35.7 Å². The molecule has 0 bridgehead atoms. The van der Waals surface area contributed by atoms with Gasteiger partial charge in [0.15, 0.2) is 27.3 Å². The molecule has 0 aromatic heterocycles. The highest BCUT2D eigenvalue weighted by Gasteiger charge is 2.30. The average molecular weight is 1270 g/mol.